The molecule has 24 heavy (non-hydrogen) atoms. The van der Waals surface area contributed by atoms with Crippen LogP contribution in [0, 0.1) is 6.92 Å². The van der Waals surface area contributed by atoms with Crippen LogP contribution < -0.4 is 10.6 Å². The van der Waals surface area contributed by atoms with Crippen molar-refractivity contribution in [1.82, 2.24) is 15.5 Å². The second kappa shape index (κ2) is 7.47. The van der Waals surface area contributed by atoms with Gasteiger partial charge in [0.25, 0.3) is 0 Å². The molecule has 0 radical (unpaired) electrons. The molecule has 1 aliphatic heterocycles. The van der Waals surface area contributed by atoms with Gasteiger partial charge in [-0.05, 0) is 18.9 Å². The Balaban J connectivity index is 1.76. The molecule has 6 nitrogen and oxygen atoms in total. The number of carbonyl (C=O) groups excluding carboxylic acids is 3. The molecule has 2 rings (SSSR count). The van der Waals surface area contributed by atoms with Crippen molar-refractivity contribution in [3.8, 4) is 0 Å². The average Bonchev–Trinajstić information content (AvgIpc) is 2.85. The van der Waals surface area contributed by atoms with Gasteiger partial charge in [0.15, 0.2) is 0 Å². The van der Waals surface area contributed by atoms with Gasteiger partial charge in [0.05, 0.1) is 6.54 Å². The molecule has 1 aliphatic rings. The van der Waals surface area contributed by atoms with Gasteiger partial charge < -0.3 is 10.6 Å². The van der Waals surface area contributed by atoms with Crippen molar-refractivity contribution in [3.63, 3.8) is 0 Å². The molecule has 1 fully saturated rings. The largest absolute Gasteiger partial charge is 0.355 e. The molecule has 0 aromatic heterocycles. The van der Waals surface area contributed by atoms with Crippen molar-refractivity contribution in [2.45, 2.75) is 39.0 Å². The van der Waals surface area contributed by atoms with Crippen molar-refractivity contribution in [2.24, 2.45) is 0 Å². The van der Waals surface area contributed by atoms with Crippen LogP contribution in [0.25, 0.3) is 0 Å². The topological polar surface area (TPSA) is 78.5 Å². The van der Waals surface area contributed by atoms with Gasteiger partial charge in [-0.2, -0.15) is 0 Å². The van der Waals surface area contributed by atoms with E-state index in [1.807, 2.05) is 19.1 Å². The molecular formula is C18H25N3O3. The summed E-state index contributed by atoms with van der Waals surface area (Å²) in [5, 5.41) is 5.41. The van der Waals surface area contributed by atoms with Crippen molar-refractivity contribution >= 4 is 17.8 Å². The summed E-state index contributed by atoms with van der Waals surface area (Å²) in [4.78, 5) is 36.0. The number of amides is 4. The fourth-order valence-corrected chi connectivity index (χ4v) is 2.66. The first-order valence-corrected chi connectivity index (χ1v) is 8.21. The minimum Gasteiger partial charge on any atom is -0.355 e. The third-order valence-corrected chi connectivity index (χ3v) is 4.25. The van der Waals surface area contributed by atoms with Crippen molar-refractivity contribution in [2.75, 3.05) is 19.6 Å². The van der Waals surface area contributed by atoms with Crippen LogP contribution in [0.5, 0.6) is 0 Å². The normalized spacial score (nSPS) is 14.7. The molecule has 0 saturated carbocycles. The van der Waals surface area contributed by atoms with E-state index in [-0.39, 0.29) is 36.3 Å². The van der Waals surface area contributed by atoms with Gasteiger partial charge in [-0.3, -0.25) is 14.5 Å². The number of hydrogen-bond donors (Lipinski definition) is 2. The Morgan fingerprint density at radius 1 is 1.33 bits per heavy atom. The van der Waals surface area contributed by atoms with E-state index in [1.54, 1.807) is 0 Å². The van der Waals surface area contributed by atoms with E-state index in [9.17, 15) is 14.4 Å². The molecule has 2 N–H and O–H groups in total. The van der Waals surface area contributed by atoms with Crippen LogP contribution in [0.15, 0.2) is 24.3 Å². The first-order valence-electron chi connectivity index (χ1n) is 8.21. The van der Waals surface area contributed by atoms with Crippen LogP contribution in [0.2, 0.25) is 0 Å². The molecule has 130 valence electrons. The molecule has 0 unspecified atom stereocenters. The number of hydrogen-bond acceptors (Lipinski definition) is 3. The summed E-state index contributed by atoms with van der Waals surface area (Å²) < 4.78 is 0. The molecule has 0 spiro atoms. The Hall–Kier alpha value is -2.37. The summed E-state index contributed by atoms with van der Waals surface area (Å²) >= 11 is 0. The zero-order valence-electron chi connectivity index (χ0n) is 14.5. The standard InChI is InChI=1S/C18H25N3O3/c1-13-6-4-7-14(10-13)18(2,3)12-20-15(22)8-5-9-21-16(23)11-19-17(21)24/h4,6-7,10H,5,8-9,11-12H2,1-3H3,(H,19,24)(H,20,22). The van der Waals surface area contributed by atoms with Crippen LogP contribution in [-0.4, -0.2) is 42.4 Å². The summed E-state index contributed by atoms with van der Waals surface area (Å²) in [6, 6.07) is 7.89. The van der Waals surface area contributed by atoms with E-state index >= 15 is 0 Å². The number of imide groups is 1. The Bertz CT molecular complexity index is 624. The lowest BCUT2D eigenvalue weighted by Gasteiger charge is -2.26. The summed E-state index contributed by atoms with van der Waals surface area (Å²) in [7, 11) is 0. The Kier molecular flexibility index (Phi) is 5.59. The highest BCUT2D eigenvalue weighted by Crippen LogP contribution is 2.23. The van der Waals surface area contributed by atoms with E-state index in [4.69, 9.17) is 0 Å². The number of rotatable bonds is 7. The molecule has 4 amide bonds. The third-order valence-electron chi connectivity index (χ3n) is 4.25. The highest BCUT2D eigenvalue weighted by molar-refractivity contribution is 6.01. The van der Waals surface area contributed by atoms with E-state index in [2.05, 4.69) is 36.6 Å². The van der Waals surface area contributed by atoms with Crippen LogP contribution >= 0.6 is 0 Å². The Labute approximate surface area is 142 Å². The quantitative estimate of drug-likeness (QED) is 0.747. The third kappa shape index (κ3) is 4.57. The van der Waals surface area contributed by atoms with Crippen molar-refractivity contribution < 1.29 is 14.4 Å². The number of benzene rings is 1. The minimum atomic E-state index is -0.374. The summed E-state index contributed by atoms with van der Waals surface area (Å²) in [5.74, 6) is -0.302. The lowest BCUT2D eigenvalue weighted by molar-refractivity contribution is -0.126. The number of nitrogens with zero attached hydrogens (tertiary/aromatic N) is 1. The molecule has 1 saturated heterocycles. The first kappa shape index (κ1) is 18.0. The molecule has 6 heteroatoms. The lowest BCUT2D eigenvalue weighted by atomic mass is 9.84. The SMILES string of the molecule is Cc1cccc(C(C)(C)CNC(=O)CCCN2C(=O)CNC2=O)c1. The molecule has 0 bridgehead atoms. The molecule has 0 aliphatic carbocycles. The maximum Gasteiger partial charge on any atom is 0.324 e. The number of nitrogens with one attached hydrogen (secondary N) is 2. The molecule has 1 aromatic rings. The maximum absolute atomic E-state index is 12.0. The second-order valence-corrected chi connectivity index (χ2v) is 6.84. The van der Waals surface area contributed by atoms with Gasteiger partial charge in [0, 0.05) is 24.9 Å². The van der Waals surface area contributed by atoms with E-state index in [0.717, 1.165) is 4.90 Å². The molecule has 0 atom stereocenters. The molecule has 1 heterocycles. The van der Waals surface area contributed by atoms with Gasteiger partial charge in [-0.1, -0.05) is 43.7 Å². The second-order valence-electron chi connectivity index (χ2n) is 6.84. The van der Waals surface area contributed by atoms with Gasteiger partial charge in [-0.15, -0.1) is 0 Å². The zero-order valence-corrected chi connectivity index (χ0v) is 14.5. The van der Waals surface area contributed by atoms with Crippen molar-refractivity contribution in [1.29, 1.82) is 0 Å². The van der Waals surface area contributed by atoms with Crippen LogP contribution in [0.4, 0.5) is 4.79 Å². The summed E-state index contributed by atoms with van der Waals surface area (Å²) in [6.45, 7) is 7.10. The fraction of sp³-hybridized carbons (Fsp3) is 0.500. The molecule has 1 aromatic carbocycles. The summed E-state index contributed by atoms with van der Waals surface area (Å²) in [5.41, 5.74) is 2.22. The highest BCUT2D eigenvalue weighted by Gasteiger charge is 2.28. The van der Waals surface area contributed by atoms with E-state index in [0.29, 0.717) is 19.4 Å². The number of aryl methyl sites for hydroxylation is 1. The number of carbonyl (C=O) groups is 3. The first-order chi connectivity index (χ1) is 11.3. The van der Waals surface area contributed by atoms with Crippen molar-refractivity contribution in [3.05, 3.63) is 35.4 Å². The maximum atomic E-state index is 12.0. The monoisotopic (exact) mass is 331 g/mol. The summed E-state index contributed by atoms with van der Waals surface area (Å²) in [6.07, 6.45) is 0.761. The van der Waals surface area contributed by atoms with Crippen LogP contribution in [0.1, 0.15) is 37.8 Å². The average molecular weight is 331 g/mol. The molecular weight excluding hydrogens is 306 g/mol. The van der Waals surface area contributed by atoms with Crippen LogP contribution in [-0.2, 0) is 15.0 Å². The van der Waals surface area contributed by atoms with Gasteiger partial charge in [0.1, 0.15) is 0 Å². The highest BCUT2D eigenvalue weighted by atomic mass is 16.2. The van der Waals surface area contributed by atoms with Gasteiger partial charge in [0.2, 0.25) is 11.8 Å². The number of urea groups is 1. The van der Waals surface area contributed by atoms with Gasteiger partial charge >= 0.3 is 6.03 Å². The fourth-order valence-electron chi connectivity index (χ4n) is 2.66. The Morgan fingerprint density at radius 2 is 2.08 bits per heavy atom. The smallest absolute Gasteiger partial charge is 0.324 e. The van der Waals surface area contributed by atoms with E-state index < -0.39 is 0 Å². The lowest BCUT2D eigenvalue weighted by Crippen LogP contribution is -2.37. The predicted molar refractivity (Wildman–Crippen MR) is 91.6 cm³/mol. The van der Waals surface area contributed by atoms with Crippen LogP contribution in [0.3, 0.4) is 0 Å². The zero-order chi connectivity index (χ0) is 17.7. The predicted octanol–water partition coefficient (Wildman–Crippen LogP) is 1.72. The van der Waals surface area contributed by atoms with Gasteiger partial charge in [-0.25, -0.2) is 4.79 Å². The minimum absolute atomic E-state index is 0.0513. The van der Waals surface area contributed by atoms with E-state index in [1.165, 1.54) is 11.1 Å². The Morgan fingerprint density at radius 3 is 2.71 bits per heavy atom.